The number of nitrogens with zero attached hydrogens (tertiary/aromatic N) is 2. The molecule has 5 heteroatoms. The quantitative estimate of drug-likeness (QED) is 0.139. The Morgan fingerprint density at radius 3 is 2.20 bits per heavy atom. The molecule has 0 radical (unpaired) electrons. The molecule has 0 aliphatic heterocycles. The Morgan fingerprint density at radius 2 is 1.57 bits per heavy atom. The first kappa shape index (κ1) is 23.0. The van der Waals surface area contributed by atoms with Crippen molar-refractivity contribution in [2.45, 2.75) is 52.5 Å². The molecule has 5 nitrogen and oxygen atoms in total. The Bertz CT molecular complexity index is 1470. The van der Waals surface area contributed by atoms with E-state index in [9.17, 15) is 14.8 Å². The zero-order valence-corrected chi connectivity index (χ0v) is 20.3. The molecule has 0 amide bonds. The zero-order chi connectivity index (χ0) is 24.5. The van der Waals surface area contributed by atoms with Crippen molar-refractivity contribution in [1.29, 1.82) is 0 Å². The van der Waals surface area contributed by atoms with Crippen molar-refractivity contribution < 1.29 is 14.8 Å². The van der Waals surface area contributed by atoms with Crippen molar-refractivity contribution >= 4 is 39.1 Å². The molecule has 5 rings (SSSR count). The fraction of sp³-hybridized carbons (Fsp3) is 0.300. The number of carbonyl (C=O) groups excluding carboxylic acids is 2. The maximum atomic E-state index is 13.3. The standard InChI is InChI=1S/C30H30N2O3/c1-3-32-27-14-12-21(29(33)23-11-7-4-8-19(23)2)17-24(27)25-18-22(13-15-28(25)32)30(34)26(31-35)16-20-9-5-6-10-20/h4,7-8,11-15,17-18,20,35H,3,5-6,9-10,16H2,1-2H3. The number of rotatable bonds is 7. The van der Waals surface area contributed by atoms with Gasteiger partial charge in [-0.3, -0.25) is 9.59 Å². The molecule has 0 atom stereocenters. The van der Waals surface area contributed by atoms with E-state index in [0.29, 0.717) is 29.0 Å². The maximum absolute atomic E-state index is 13.3. The van der Waals surface area contributed by atoms with Crippen molar-refractivity contribution in [2.24, 2.45) is 11.1 Å². The molecule has 1 N–H and O–H groups in total. The zero-order valence-electron chi connectivity index (χ0n) is 20.3. The van der Waals surface area contributed by atoms with Crippen LogP contribution in [0.15, 0.2) is 65.8 Å². The summed E-state index contributed by atoms with van der Waals surface area (Å²) in [5.41, 5.74) is 5.03. The topological polar surface area (TPSA) is 71.7 Å². The third-order valence-electron chi connectivity index (χ3n) is 7.43. The Morgan fingerprint density at radius 1 is 0.943 bits per heavy atom. The van der Waals surface area contributed by atoms with Crippen LogP contribution < -0.4 is 0 Å². The largest absolute Gasteiger partial charge is 0.411 e. The summed E-state index contributed by atoms with van der Waals surface area (Å²) < 4.78 is 2.19. The molecule has 0 unspecified atom stereocenters. The number of aromatic nitrogens is 1. The molecule has 4 aromatic rings. The summed E-state index contributed by atoms with van der Waals surface area (Å²) in [7, 11) is 0. The molecule has 0 saturated heterocycles. The van der Waals surface area contributed by atoms with Gasteiger partial charge in [0, 0.05) is 45.0 Å². The second-order valence-corrected chi connectivity index (χ2v) is 9.58. The average Bonchev–Trinajstić information content (AvgIpc) is 3.51. The molecular formula is C30H30N2O3. The second kappa shape index (κ2) is 9.49. The van der Waals surface area contributed by atoms with Gasteiger partial charge in [-0.1, -0.05) is 55.1 Å². The van der Waals surface area contributed by atoms with Crippen molar-refractivity contribution in [2.75, 3.05) is 0 Å². The van der Waals surface area contributed by atoms with E-state index in [1.807, 2.05) is 67.6 Å². The maximum Gasteiger partial charge on any atom is 0.210 e. The smallest absolute Gasteiger partial charge is 0.210 e. The number of benzene rings is 3. The molecule has 35 heavy (non-hydrogen) atoms. The first-order chi connectivity index (χ1) is 17.0. The van der Waals surface area contributed by atoms with Crippen LogP contribution in [0.3, 0.4) is 0 Å². The number of oxime groups is 1. The van der Waals surface area contributed by atoms with Crippen molar-refractivity contribution in [3.63, 3.8) is 0 Å². The minimum Gasteiger partial charge on any atom is -0.411 e. The van der Waals surface area contributed by atoms with Crippen LogP contribution in [0.1, 0.15) is 70.9 Å². The normalized spacial score (nSPS) is 14.7. The van der Waals surface area contributed by atoms with Crippen LogP contribution in [0.25, 0.3) is 21.8 Å². The molecule has 178 valence electrons. The Hall–Kier alpha value is -3.73. The van der Waals surface area contributed by atoms with Crippen LogP contribution in [0.4, 0.5) is 0 Å². The average molecular weight is 467 g/mol. The van der Waals surface area contributed by atoms with Gasteiger partial charge in [0.15, 0.2) is 5.78 Å². The van der Waals surface area contributed by atoms with E-state index in [1.165, 1.54) is 12.8 Å². The fourth-order valence-electron chi connectivity index (χ4n) is 5.54. The highest BCUT2D eigenvalue weighted by Crippen LogP contribution is 2.33. The minimum atomic E-state index is -0.231. The van der Waals surface area contributed by atoms with E-state index in [1.54, 1.807) is 0 Å². The fourth-order valence-corrected chi connectivity index (χ4v) is 5.54. The number of aryl methyl sites for hydroxylation is 2. The molecular weight excluding hydrogens is 436 g/mol. The molecule has 0 bridgehead atoms. The Balaban J connectivity index is 1.58. The van der Waals surface area contributed by atoms with Gasteiger partial charge in [0.2, 0.25) is 5.78 Å². The Kier molecular flexibility index (Phi) is 6.25. The van der Waals surface area contributed by atoms with Gasteiger partial charge in [0.25, 0.3) is 0 Å². The number of Topliss-reactive ketones (excluding diaryl/α,β-unsaturated/α-hetero) is 1. The van der Waals surface area contributed by atoms with Crippen LogP contribution in [0, 0.1) is 12.8 Å². The van der Waals surface area contributed by atoms with Gasteiger partial charge in [0.05, 0.1) is 0 Å². The highest BCUT2D eigenvalue weighted by atomic mass is 16.4. The van der Waals surface area contributed by atoms with Gasteiger partial charge in [-0.2, -0.15) is 0 Å². The summed E-state index contributed by atoms with van der Waals surface area (Å²) in [6, 6.07) is 19.1. The lowest BCUT2D eigenvalue weighted by Crippen LogP contribution is -2.17. The molecule has 1 aliphatic rings. The van der Waals surface area contributed by atoms with E-state index in [0.717, 1.165) is 46.8 Å². The predicted octanol–water partition coefficient (Wildman–Crippen LogP) is 6.95. The first-order valence-electron chi connectivity index (χ1n) is 12.4. The highest BCUT2D eigenvalue weighted by molar-refractivity contribution is 6.46. The summed E-state index contributed by atoms with van der Waals surface area (Å²) in [5, 5.41) is 14.8. The molecule has 1 heterocycles. The number of fused-ring (bicyclic) bond motifs is 3. The monoisotopic (exact) mass is 466 g/mol. The molecule has 1 aliphatic carbocycles. The van der Waals surface area contributed by atoms with Gasteiger partial charge in [-0.25, -0.2) is 0 Å². The number of carbonyl (C=O) groups is 2. The third-order valence-corrected chi connectivity index (χ3v) is 7.43. The van der Waals surface area contributed by atoms with Gasteiger partial charge >= 0.3 is 0 Å². The summed E-state index contributed by atoms with van der Waals surface area (Å²) >= 11 is 0. The lowest BCUT2D eigenvalue weighted by molar-refractivity contribution is 0.103. The minimum absolute atomic E-state index is 0.0131. The number of ketones is 2. The van der Waals surface area contributed by atoms with Gasteiger partial charge in [-0.05, 0) is 68.1 Å². The van der Waals surface area contributed by atoms with Crippen molar-refractivity contribution in [3.8, 4) is 0 Å². The van der Waals surface area contributed by atoms with Crippen LogP contribution in [0.5, 0.6) is 0 Å². The molecule has 0 spiro atoms. The first-order valence-corrected chi connectivity index (χ1v) is 12.4. The van der Waals surface area contributed by atoms with E-state index >= 15 is 0 Å². The molecule has 3 aromatic carbocycles. The summed E-state index contributed by atoms with van der Waals surface area (Å²) in [6.45, 7) is 4.80. The highest BCUT2D eigenvalue weighted by Gasteiger charge is 2.24. The summed E-state index contributed by atoms with van der Waals surface area (Å²) in [6.07, 6.45) is 5.01. The summed E-state index contributed by atoms with van der Waals surface area (Å²) in [5.74, 6) is 0.164. The van der Waals surface area contributed by atoms with E-state index in [4.69, 9.17) is 0 Å². The summed E-state index contributed by atoms with van der Waals surface area (Å²) in [4.78, 5) is 26.6. The van der Waals surface area contributed by atoms with E-state index in [2.05, 4.69) is 16.6 Å². The SMILES string of the molecule is CCn1c2ccc(C(=O)C(CC3CCCC3)=NO)cc2c2cc(C(=O)c3ccccc3C)ccc21. The van der Waals surface area contributed by atoms with Gasteiger partial charge < -0.3 is 9.77 Å². The molecule has 1 aromatic heterocycles. The van der Waals surface area contributed by atoms with Crippen molar-refractivity contribution in [3.05, 3.63) is 82.9 Å². The number of hydrogen-bond donors (Lipinski definition) is 1. The Labute approximate surface area is 205 Å². The van der Waals surface area contributed by atoms with Crippen LogP contribution >= 0.6 is 0 Å². The number of hydrogen-bond acceptors (Lipinski definition) is 4. The molecule has 1 saturated carbocycles. The van der Waals surface area contributed by atoms with Crippen LogP contribution in [-0.2, 0) is 6.54 Å². The lowest BCUT2D eigenvalue weighted by atomic mass is 9.94. The lowest BCUT2D eigenvalue weighted by Gasteiger charge is -2.10. The van der Waals surface area contributed by atoms with Crippen molar-refractivity contribution in [1.82, 2.24) is 4.57 Å². The van der Waals surface area contributed by atoms with Crippen LogP contribution in [0.2, 0.25) is 0 Å². The van der Waals surface area contributed by atoms with Gasteiger partial charge in [-0.15, -0.1) is 0 Å². The predicted molar refractivity (Wildman–Crippen MR) is 140 cm³/mol. The van der Waals surface area contributed by atoms with Crippen LogP contribution in [-0.4, -0.2) is 27.1 Å². The van der Waals surface area contributed by atoms with E-state index in [-0.39, 0.29) is 17.3 Å². The third kappa shape index (κ3) is 4.16. The van der Waals surface area contributed by atoms with E-state index < -0.39 is 0 Å². The van der Waals surface area contributed by atoms with Gasteiger partial charge in [0.1, 0.15) is 5.71 Å². The second-order valence-electron chi connectivity index (χ2n) is 9.58. The molecule has 1 fully saturated rings.